The average molecular weight is 235 g/mol. The summed E-state index contributed by atoms with van der Waals surface area (Å²) in [5, 5.41) is 3.50. The second-order valence-corrected chi connectivity index (χ2v) is 5.83. The zero-order valence-electron chi connectivity index (χ0n) is 10.0. The Labute approximate surface area is 103 Å². The molecule has 88 valence electrons. The second-order valence-electron chi connectivity index (χ2n) is 4.68. The molecular formula is C14H21NS. The van der Waals surface area contributed by atoms with Gasteiger partial charge in [-0.25, -0.2) is 0 Å². The Kier molecular flexibility index (Phi) is 4.73. The molecule has 0 amide bonds. The molecule has 2 heteroatoms. The van der Waals surface area contributed by atoms with Crippen molar-refractivity contribution in [2.75, 3.05) is 18.1 Å². The fourth-order valence-corrected chi connectivity index (χ4v) is 2.86. The molecule has 0 heterocycles. The first-order chi connectivity index (χ1) is 7.84. The Morgan fingerprint density at radius 3 is 3.00 bits per heavy atom. The molecule has 0 radical (unpaired) electrons. The fraction of sp³-hybridized carbons (Fsp3) is 0.571. The van der Waals surface area contributed by atoms with Crippen LogP contribution in [0.5, 0.6) is 0 Å². The Hall–Kier alpha value is -0.470. The summed E-state index contributed by atoms with van der Waals surface area (Å²) in [5.74, 6) is 3.69. The molecule has 0 unspecified atom stereocenters. The van der Waals surface area contributed by atoms with Gasteiger partial charge in [-0.15, -0.1) is 0 Å². The molecule has 1 saturated carbocycles. The van der Waals surface area contributed by atoms with Gasteiger partial charge in [0, 0.05) is 18.8 Å². The van der Waals surface area contributed by atoms with Crippen molar-refractivity contribution < 1.29 is 0 Å². The number of aryl methyl sites for hydroxylation is 1. The Morgan fingerprint density at radius 2 is 2.25 bits per heavy atom. The summed E-state index contributed by atoms with van der Waals surface area (Å²) in [4.78, 5) is 0. The van der Waals surface area contributed by atoms with E-state index in [1.54, 1.807) is 0 Å². The van der Waals surface area contributed by atoms with Crippen molar-refractivity contribution in [3.8, 4) is 0 Å². The third-order valence-electron chi connectivity index (χ3n) is 2.89. The molecule has 1 nitrogen and oxygen atoms in total. The SMILES string of the molecule is Cc1cccc(CNCCSCC2CC2)c1. The number of nitrogens with one attached hydrogen (secondary N) is 1. The largest absolute Gasteiger partial charge is 0.312 e. The topological polar surface area (TPSA) is 12.0 Å². The summed E-state index contributed by atoms with van der Waals surface area (Å²) in [6, 6.07) is 8.73. The second kappa shape index (κ2) is 6.31. The Balaban J connectivity index is 1.53. The molecule has 0 bridgehead atoms. The molecule has 1 aromatic rings. The lowest BCUT2D eigenvalue weighted by atomic mass is 10.1. The van der Waals surface area contributed by atoms with Gasteiger partial charge in [0.2, 0.25) is 0 Å². The van der Waals surface area contributed by atoms with Gasteiger partial charge in [-0.05, 0) is 37.0 Å². The van der Waals surface area contributed by atoms with E-state index in [1.807, 2.05) is 0 Å². The summed E-state index contributed by atoms with van der Waals surface area (Å²) in [6.07, 6.45) is 2.95. The monoisotopic (exact) mass is 235 g/mol. The highest BCUT2D eigenvalue weighted by atomic mass is 32.2. The maximum absolute atomic E-state index is 3.50. The molecular weight excluding hydrogens is 214 g/mol. The molecule has 1 aromatic carbocycles. The molecule has 0 atom stereocenters. The van der Waals surface area contributed by atoms with E-state index >= 15 is 0 Å². The molecule has 0 spiro atoms. The smallest absolute Gasteiger partial charge is 0.0205 e. The van der Waals surface area contributed by atoms with Crippen LogP contribution in [0.25, 0.3) is 0 Å². The third-order valence-corrected chi connectivity index (χ3v) is 4.09. The minimum Gasteiger partial charge on any atom is -0.312 e. The van der Waals surface area contributed by atoms with Crippen LogP contribution in [0.4, 0.5) is 0 Å². The molecule has 2 rings (SSSR count). The highest BCUT2D eigenvalue weighted by molar-refractivity contribution is 7.99. The first kappa shape index (κ1) is 12.0. The van der Waals surface area contributed by atoms with Crippen molar-refractivity contribution in [1.82, 2.24) is 5.32 Å². The minimum atomic E-state index is 1.01. The van der Waals surface area contributed by atoms with Crippen molar-refractivity contribution in [3.63, 3.8) is 0 Å². The lowest BCUT2D eigenvalue weighted by molar-refractivity contribution is 0.731. The van der Waals surface area contributed by atoms with E-state index in [0.717, 1.165) is 19.0 Å². The van der Waals surface area contributed by atoms with Crippen molar-refractivity contribution in [2.45, 2.75) is 26.3 Å². The summed E-state index contributed by atoms with van der Waals surface area (Å²) >= 11 is 2.10. The number of rotatable bonds is 7. The quantitative estimate of drug-likeness (QED) is 0.728. The summed E-state index contributed by atoms with van der Waals surface area (Å²) in [5.41, 5.74) is 2.75. The minimum absolute atomic E-state index is 1.01. The molecule has 16 heavy (non-hydrogen) atoms. The van der Waals surface area contributed by atoms with Crippen LogP contribution >= 0.6 is 11.8 Å². The van der Waals surface area contributed by atoms with Crippen LogP contribution in [0.15, 0.2) is 24.3 Å². The number of thioether (sulfide) groups is 1. The zero-order chi connectivity index (χ0) is 11.2. The van der Waals surface area contributed by atoms with E-state index in [-0.39, 0.29) is 0 Å². The first-order valence-corrected chi connectivity index (χ1v) is 7.34. The van der Waals surface area contributed by atoms with Crippen molar-refractivity contribution in [2.24, 2.45) is 5.92 Å². The van der Waals surface area contributed by atoms with Crippen LogP contribution in [0.3, 0.4) is 0 Å². The molecule has 1 aliphatic carbocycles. The van der Waals surface area contributed by atoms with Crippen LogP contribution in [-0.2, 0) is 6.54 Å². The van der Waals surface area contributed by atoms with Crippen LogP contribution < -0.4 is 5.32 Å². The van der Waals surface area contributed by atoms with Gasteiger partial charge < -0.3 is 5.32 Å². The van der Waals surface area contributed by atoms with Crippen molar-refractivity contribution >= 4 is 11.8 Å². The lowest BCUT2D eigenvalue weighted by Crippen LogP contribution is -2.16. The Morgan fingerprint density at radius 1 is 1.38 bits per heavy atom. The van der Waals surface area contributed by atoms with Gasteiger partial charge in [0.05, 0.1) is 0 Å². The molecule has 0 aliphatic heterocycles. The van der Waals surface area contributed by atoms with Gasteiger partial charge in [-0.3, -0.25) is 0 Å². The fourth-order valence-electron chi connectivity index (χ4n) is 1.73. The van der Waals surface area contributed by atoms with Crippen LogP contribution in [-0.4, -0.2) is 18.1 Å². The van der Waals surface area contributed by atoms with Gasteiger partial charge in [0.1, 0.15) is 0 Å². The number of hydrogen-bond acceptors (Lipinski definition) is 2. The summed E-state index contributed by atoms with van der Waals surface area (Å²) < 4.78 is 0. The van der Waals surface area contributed by atoms with E-state index in [9.17, 15) is 0 Å². The van der Waals surface area contributed by atoms with E-state index in [0.29, 0.717) is 0 Å². The van der Waals surface area contributed by atoms with Gasteiger partial charge in [0.15, 0.2) is 0 Å². The van der Waals surface area contributed by atoms with Gasteiger partial charge in [-0.1, -0.05) is 29.8 Å². The van der Waals surface area contributed by atoms with E-state index in [1.165, 1.54) is 35.5 Å². The van der Waals surface area contributed by atoms with Crippen LogP contribution in [0.2, 0.25) is 0 Å². The normalized spacial score (nSPS) is 15.3. The molecule has 0 saturated heterocycles. The zero-order valence-corrected chi connectivity index (χ0v) is 10.9. The highest BCUT2D eigenvalue weighted by Gasteiger charge is 2.20. The van der Waals surface area contributed by atoms with E-state index < -0.39 is 0 Å². The highest BCUT2D eigenvalue weighted by Crippen LogP contribution is 2.32. The molecule has 1 aliphatic rings. The maximum atomic E-state index is 3.50. The summed E-state index contributed by atoms with van der Waals surface area (Å²) in [6.45, 7) is 4.28. The van der Waals surface area contributed by atoms with Gasteiger partial charge >= 0.3 is 0 Å². The maximum Gasteiger partial charge on any atom is 0.0205 e. The molecule has 1 fully saturated rings. The standard InChI is InChI=1S/C14H21NS/c1-12-3-2-4-14(9-12)10-15-7-8-16-11-13-5-6-13/h2-4,9,13,15H,5-8,10-11H2,1H3. The number of hydrogen-bond donors (Lipinski definition) is 1. The molecule has 0 aromatic heterocycles. The van der Waals surface area contributed by atoms with E-state index in [4.69, 9.17) is 0 Å². The average Bonchev–Trinajstić information content (AvgIpc) is 3.07. The van der Waals surface area contributed by atoms with Crippen molar-refractivity contribution in [1.29, 1.82) is 0 Å². The number of benzene rings is 1. The van der Waals surface area contributed by atoms with Crippen molar-refractivity contribution in [3.05, 3.63) is 35.4 Å². The predicted octanol–water partition coefficient (Wildman–Crippen LogP) is 3.23. The van der Waals surface area contributed by atoms with Gasteiger partial charge in [-0.2, -0.15) is 11.8 Å². The first-order valence-electron chi connectivity index (χ1n) is 6.18. The molecule has 1 N–H and O–H groups in total. The Bertz CT molecular complexity index is 320. The van der Waals surface area contributed by atoms with E-state index in [2.05, 4.69) is 48.3 Å². The lowest BCUT2D eigenvalue weighted by Gasteiger charge is -2.05. The van der Waals surface area contributed by atoms with Crippen LogP contribution in [0, 0.1) is 12.8 Å². The van der Waals surface area contributed by atoms with Crippen LogP contribution in [0.1, 0.15) is 24.0 Å². The van der Waals surface area contributed by atoms with Gasteiger partial charge in [0.25, 0.3) is 0 Å². The predicted molar refractivity (Wildman–Crippen MR) is 72.9 cm³/mol. The summed E-state index contributed by atoms with van der Waals surface area (Å²) in [7, 11) is 0. The third kappa shape index (κ3) is 4.58.